The summed E-state index contributed by atoms with van der Waals surface area (Å²) in [5.41, 5.74) is -0.870. The van der Waals surface area contributed by atoms with E-state index in [9.17, 15) is 14.4 Å². The number of aryl methyl sites for hydroxylation is 1. The van der Waals surface area contributed by atoms with E-state index in [-0.39, 0.29) is 24.6 Å². The second-order valence-corrected chi connectivity index (χ2v) is 5.23. The molecule has 0 fully saturated rings. The highest BCUT2D eigenvalue weighted by Gasteiger charge is 2.01. The van der Waals surface area contributed by atoms with Crippen molar-refractivity contribution in [1.29, 1.82) is 0 Å². The van der Waals surface area contributed by atoms with Crippen LogP contribution in [0.1, 0.15) is 25.8 Å². The Balaban J connectivity index is 2.39. The van der Waals surface area contributed by atoms with Crippen molar-refractivity contribution >= 4 is 5.91 Å². The number of carbonyl (C=O) groups is 1. The number of rotatable bonds is 6. The van der Waals surface area contributed by atoms with Gasteiger partial charge in [-0.2, -0.15) is 0 Å². The highest BCUT2D eigenvalue weighted by atomic mass is 16.5. The number of aromatic nitrogens is 2. The standard InChI is InChI=1S/C15H21N3O4/c1-11(2)6-8-22-10-13(19)16-7-4-5-12-9-18(3)15(21)17-14(12)20/h9,11H,6-8,10H2,1-3H3,(H,16,19)(H,17,20,21). The van der Waals surface area contributed by atoms with Crippen LogP contribution >= 0.6 is 0 Å². The Hall–Kier alpha value is -2.33. The topological polar surface area (TPSA) is 93.2 Å². The third-order valence-corrected chi connectivity index (χ3v) is 2.78. The van der Waals surface area contributed by atoms with Gasteiger partial charge in [0.15, 0.2) is 0 Å². The second-order valence-electron chi connectivity index (χ2n) is 5.23. The number of hydrogen-bond donors (Lipinski definition) is 2. The molecule has 0 bridgehead atoms. The van der Waals surface area contributed by atoms with Gasteiger partial charge in [-0.3, -0.25) is 14.6 Å². The van der Waals surface area contributed by atoms with Crippen LogP contribution in [0.2, 0.25) is 0 Å². The van der Waals surface area contributed by atoms with Crippen molar-refractivity contribution in [1.82, 2.24) is 14.9 Å². The van der Waals surface area contributed by atoms with E-state index in [1.807, 2.05) is 0 Å². The summed E-state index contributed by atoms with van der Waals surface area (Å²) >= 11 is 0. The highest BCUT2D eigenvalue weighted by molar-refractivity contribution is 5.77. The van der Waals surface area contributed by atoms with Gasteiger partial charge in [0.1, 0.15) is 12.2 Å². The SMILES string of the molecule is CC(C)CCOCC(=O)NCC#Cc1cn(C)c(=O)[nH]c1=O. The van der Waals surface area contributed by atoms with E-state index < -0.39 is 11.2 Å². The molecular weight excluding hydrogens is 286 g/mol. The van der Waals surface area contributed by atoms with Crippen LogP contribution in [0.4, 0.5) is 0 Å². The van der Waals surface area contributed by atoms with E-state index in [1.165, 1.54) is 17.8 Å². The monoisotopic (exact) mass is 307 g/mol. The largest absolute Gasteiger partial charge is 0.372 e. The van der Waals surface area contributed by atoms with Crippen molar-refractivity contribution in [3.8, 4) is 11.8 Å². The molecule has 0 radical (unpaired) electrons. The highest BCUT2D eigenvalue weighted by Crippen LogP contribution is 1.98. The summed E-state index contributed by atoms with van der Waals surface area (Å²) in [6.07, 6.45) is 2.26. The molecule has 1 heterocycles. The minimum Gasteiger partial charge on any atom is -0.372 e. The molecule has 0 saturated heterocycles. The van der Waals surface area contributed by atoms with Gasteiger partial charge in [0.2, 0.25) is 5.91 Å². The lowest BCUT2D eigenvalue weighted by molar-refractivity contribution is -0.125. The molecule has 0 aliphatic carbocycles. The van der Waals surface area contributed by atoms with Gasteiger partial charge in [0, 0.05) is 19.9 Å². The fourth-order valence-corrected chi connectivity index (χ4v) is 1.47. The van der Waals surface area contributed by atoms with Gasteiger partial charge in [-0.1, -0.05) is 25.7 Å². The van der Waals surface area contributed by atoms with Gasteiger partial charge in [-0.05, 0) is 12.3 Å². The van der Waals surface area contributed by atoms with Crippen molar-refractivity contribution in [3.05, 3.63) is 32.6 Å². The molecule has 1 amide bonds. The first-order valence-electron chi connectivity index (χ1n) is 7.03. The normalized spacial score (nSPS) is 10.2. The van der Waals surface area contributed by atoms with Gasteiger partial charge in [0.25, 0.3) is 5.56 Å². The molecule has 0 atom stereocenters. The minimum atomic E-state index is -0.543. The number of ether oxygens (including phenoxy) is 1. The average molecular weight is 307 g/mol. The van der Waals surface area contributed by atoms with Crippen LogP contribution in [0.25, 0.3) is 0 Å². The Morgan fingerprint density at radius 1 is 1.45 bits per heavy atom. The Morgan fingerprint density at radius 3 is 2.86 bits per heavy atom. The smallest absolute Gasteiger partial charge is 0.328 e. The molecule has 120 valence electrons. The first kappa shape index (κ1) is 17.7. The van der Waals surface area contributed by atoms with Crippen LogP contribution in [0, 0.1) is 17.8 Å². The maximum Gasteiger partial charge on any atom is 0.328 e. The lowest BCUT2D eigenvalue weighted by atomic mass is 10.1. The molecule has 1 rings (SSSR count). The maximum absolute atomic E-state index is 11.5. The van der Waals surface area contributed by atoms with E-state index in [4.69, 9.17) is 4.74 Å². The Kier molecular flexibility index (Phi) is 7.13. The van der Waals surface area contributed by atoms with Gasteiger partial charge in [0.05, 0.1) is 6.54 Å². The zero-order chi connectivity index (χ0) is 16.5. The summed E-state index contributed by atoms with van der Waals surface area (Å²) < 4.78 is 6.45. The Bertz CT molecular complexity index is 676. The van der Waals surface area contributed by atoms with Gasteiger partial charge in [-0.15, -0.1) is 0 Å². The zero-order valence-electron chi connectivity index (χ0n) is 13.1. The van der Waals surface area contributed by atoms with Crippen molar-refractivity contribution in [2.24, 2.45) is 13.0 Å². The molecule has 7 heteroatoms. The third kappa shape index (κ3) is 6.41. The number of carbonyl (C=O) groups excluding carboxylic acids is 1. The number of H-pyrrole nitrogens is 1. The van der Waals surface area contributed by atoms with Crippen molar-refractivity contribution in [3.63, 3.8) is 0 Å². The molecule has 2 N–H and O–H groups in total. The summed E-state index contributed by atoms with van der Waals surface area (Å²) in [5.74, 6) is 5.54. The molecule has 0 saturated carbocycles. The molecular formula is C15H21N3O4. The van der Waals surface area contributed by atoms with Crippen molar-refractivity contribution in [2.45, 2.75) is 20.3 Å². The fraction of sp³-hybridized carbons (Fsp3) is 0.533. The first-order chi connectivity index (χ1) is 10.4. The van der Waals surface area contributed by atoms with Crippen LogP contribution in [-0.2, 0) is 16.6 Å². The summed E-state index contributed by atoms with van der Waals surface area (Å²) in [5, 5.41) is 2.57. The third-order valence-electron chi connectivity index (χ3n) is 2.78. The van der Waals surface area contributed by atoms with Gasteiger partial charge < -0.3 is 14.6 Å². The van der Waals surface area contributed by atoms with Crippen LogP contribution < -0.4 is 16.6 Å². The fourth-order valence-electron chi connectivity index (χ4n) is 1.47. The van der Waals surface area contributed by atoms with E-state index in [1.54, 1.807) is 0 Å². The van der Waals surface area contributed by atoms with Crippen molar-refractivity contribution < 1.29 is 9.53 Å². The summed E-state index contributed by atoms with van der Waals surface area (Å²) in [6.45, 7) is 4.81. The first-order valence-corrected chi connectivity index (χ1v) is 7.03. The Morgan fingerprint density at radius 2 is 2.18 bits per heavy atom. The summed E-state index contributed by atoms with van der Waals surface area (Å²) in [4.78, 5) is 36.2. The van der Waals surface area contributed by atoms with Crippen LogP contribution in [0.5, 0.6) is 0 Å². The molecule has 0 aliphatic rings. The number of amides is 1. The predicted molar refractivity (Wildman–Crippen MR) is 82.5 cm³/mol. The van der Waals surface area contributed by atoms with Crippen LogP contribution in [0.15, 0.2) is 15.8 Å². The molecule has 22 heavy (non-hydrogen) atoms. The zero-order valence-corrected chi connectivity index (χ0v) is 13.1. The van der Waals surface area contributed by atoms with Crippen LogP contribution in [-0.4, -0.2) is 35.2 Å². The van der Waals surface area contributed by atoms with Gasteiger partial charge in [-0.25, -0.2) is 4.79 Å². The van der Waals surface area contributed by atoms with E-state index in [0.717, 1.165) is 6.42 Å². The van der Waals surface area contributed by atoms with E-state index >= 15 is 0 Å². The molecule has 0 spiro atoms. The van der Waals surface area contributed by atoms with E-state index in [2.05, 4.69) is 36.0 Å². The second kappa shape index (κ2) is 8.85. The van der Waals surface area contributed by atoms with Crippen LogP contribution in [0.3, 0.4) is 0 Å². The molecule has 7 nitrogen and oxygen atoms in total. The molecule has 0 aliphatic heterocycles. The number of nitrogens with zero attached hydrogens (tertiary/aromatic N) is 1. The van der Waals surface area contributed by atoms with E-state index in [0.29, 0.717) is 12.5 Å². The lowest BCUT2D eigenvalue weighted by Crippen LogP contribution is -2.29. The number of nitrogens with one attached hydrogen (secondary N) is 2. The maximum atomic E-state index is 11.5. The summed E-state index contributed by atoms with van der Waals surface area (Å²) in [7, 11) is 1.51. The lowest BCUT2D eigenvalue weighted by Gasteiger charge is -2.05. The number of hydrogen-bond acceptors (Lipinski definition) is 4. The van der Waals surface area contributed by atoms with Gasteiger partial charge >= 0.3 is 5.69 Å². The molecule has 0 aromatic carbocycles. The predicted octanol–water partition coefficient (Wildman–Crippen LogP) is -0.396. The molecule has 0 unspecified atom stereocenters. The van der Waals surface area contributed by atoms with Crippen molar-refractivity contribution in [2.75, 3.05) is 19.8 Å². The average Bonchev–Trinajstić information content (AvgIpc) is 2.44. The minimum absolute atomic E-state index is 0.00514. The number of aromatic amines is 1. The molecule has 1 aromatic heterocycles. The Labute approximate surface area is 128 Å². The molecule has 1 aromatic rings. The summed E-state index contributed by atoms with van der Waals surface area (Å²) in [6, 6.07) is 0. The quantitative estimate of drug-likeness (QED) is 0.552.